The molecule has 2 N–H and O–H groups in total. The van der Waals surface area contributed by atoms with Gasteiger partial charge in [-0.3, -0.25) is 0 Å². The van der Waals surface area contributed by atoms with Crippen LogP contribution in [-0.2, 0) is 7.05 Å². The van der Waals surface area contributed by atoms with Gasteiger partial charge in [0.15, 0.2) is 0 Å². The summed E-state index contributed by atoms with van der Waals surface area (Å²) in [5.74, 6) is 0.464. The van der Waals surface area contributed by atoms with Crippen LogP contribution in [0.2, 0.25) is 0 Å². The van der Waals surface area contributed by atoms with Crippen LogP contribution in [0.15, 0.2) is 30.5 Å². The van der Waals surface area contributed by atoms with Crippen molar-refractivity contribution in [3.8, 4) is 0 Å². The molecule has 2 heterocycles. The molecular formula is C14H19N3. The fourth-order valence-electron chi connectivity index (χ4n) is 3.03. The fourth-order valence-corrected chi connectivity index (χ4v) is 3.03. The Morgan fingerprint density at radius 1 is 1.18 bits per heavy atom. The van der Waals surface area contributed by atoms with Crippen LogP contribution in [0, 0.1) is 0 Å². The molecule has 1 saturated heterocycles. The third kappa shape index (κ3) is 1.66. The molecule has 90 valence electrons. The Hall–Kier alpha value is -1.32. The molecule has 1 aromatic carbocycles. The van der Waals surface area contributed by atoms with Gasteiger partial charge >= 0.3 is 0 Å². The van der Waals surface area contributed by atoms with E-state index in [1.165, 1.54) is 16.5 Å². The molecule has 0 spiro atoms. The van der Waals surface area contributed by atoms with Gasteiger partial charge in [0.1, 0.15) is 0 Å². The van der Waals surface area contributed by atoms with Gasteiger partial charge in [-0.2, -0.15) is 0 Å². The van der Waals surface area contributed by atoms with Gasteiger partial charge in [0, 0.05) is 49.2 Å². The summed E-state index contributed by atoms with van der Waals surface area (Å²) >= 11 is 0. The molecule has 17 heavy (non-hydrogen) atoms. The zero-order valence-corrected chi connectivity index (χ0v) is 10.4. The number of hydrogen-bond donors (Lipinski definition) is 1. The zero-order chi connectivity index (χ0) is 12.0. The van der Waals surface area contributed by atoms with Crippen LogP contribution in [0.5, 0.6) is 0 Å². The number of nitrogens with two attached hydrogens (primary N) is 1. The lowest BCUT2D eigenvalue weighted by Crippen LogP contribution is -2.27. The lowest BCUT2D eigenvalue weighted by atomic mass is 9.94. The normalized spacial score (nSPS) is 25.8. The van der Waals surface area contributed by atoms with E-state index in [1.807, 2.05) is 0 Å². The molecule has 1 aliphatic rings. The lowest BCUT2D eigenvalue weighted by Gasteiger charge is -2.13. The number of rotatable bonds is 1. The summed E-state index contributed by atoms with van der Waals surface area (Å²) < 4.78 is 2.20. The zero-order valence-electron chi connectivity index (χ0n) is 10.4. The summed E-state index contributed by atoms with van der Waals surface area (Å²) in [7, 11) is 4.25. The SMILES string of the molecule is CN1CC(N)C(c2cn(C)c3ccccc23)C1. The first-order chi connectivity index (χ1) is 8.16. The van der Waals surface area contributed by atoms with Crippen LogP contribution in [0.4, 0.5) is 0 Å². The van der Waals surface area contributed by atoms with E-state index in [9.17, 15) is 0 Å². The second-order valence-electron chi connectivity index (χ2n) is 5.20. The van der Waals surface area contributed by atoms with E-state index in [0.29, 0.717) is 5.92 Å². The molecule has 2 atom stereocenters. The van der Waals surface area contributed by atoms with Crippen LogP contribution in [-0.4, -0.2) is 35.6 Å². The Morgan fingerprint density at radius 3 is 2.65 bits per heavy atom. The van der Waals surface area contributed by atoms with Crippen LogP contribution >= 0.6 is 0 Å². The average Bonchev–Trinajstić information content (AvgIpc) is 2.80. The van der Waals surface area contributed by atoms with E-state index in [2.05, 4.69) is 54.0 Å². The molecule has 2 aromatic rings. The first kappa shape index (κ1) is 10.8. The third-order valence-electron chi connectivity index (χ3n) is 3.87. The van der Waals surface area contributed by atoms with Crippen LogP contribution < -0.4 is 5.73 Å². The number of likely N-dealkylation sites (tertiary alicyclic amines) is 1. The van der Waals surface area contributed by atoms with Crippen molar-refractivity contribution in [2.45, 2.75) is 12.0 Å². The van der Waals surface area contributed by atoms with Gasteiger partial charge in [-0.15, -0.1) is 0 Å². The fraction of sp³-hybridized carbons (Fsp3) is 0.429. The molecular weight excluding hydrogens is 210 g/mol. The molecule has 0 saturated carbocycles. The molecule has 1 aliphatic heterocycles. The Kier molecular flexibility index (Phi) is 2.45. The van der Waals surface area contributed by atoms with E-state index in [-0.39, 0.29) is 6.04 Å². The summed E-state index contributed by atoms with van der Waals surface area (Å²) in [6.45, 7) is 2.06. The highest BCUT2D eigenvalue weighted by molar-refractivity contribution is 5.84. The number of hydrogen-bond acceptors (Lipinski definition) is 2. The lowest BCUT2D eigenvalue weighted by molar-refractivity contribution is 0.408. The highest BCUT2D eigenvalue weighted by atomic mass is 15.1. The van der Waals surface area contributed by atoms with Crippen molar-refractivity contribution in [1.82, 2.24) is 9.47 Å². The Morgan fingerprint density at radius 2 is 1.94 bits per heavy atom. The topological polar surface area (TPSA) is 34.2 Å². The van der Waals surface area contributed by atoms with E-state index < -0.39 is 0 Å². The van der Waals surface area contributed by atoms with Crippen molar-refractivity contribution in [2.24, 2.45) is 12.8 Å². The molecule has 2 unspecified atom stereocenters. The molecule has 3 rings (SSSR count). The van der Waals surface area contributed by atoms with E-state index in [4.69, 9.17) is 5.73 Å². The third-order valence-corrected chi connectivity index (χ3v) is 3.87. The van der Waals surface area contributed by atoms with Gasteiger partial charge in [0.25, 0.3) is 0 Å². The summed E-state index contributed by atoms with van der Waals surface area (Å²) in [6.07, 6.45) is 2.24. The maximum Gasteiger partial charge on any atom is 0.0480 e. The number of benzene rings is 1. The molecule has 3 heteroatoms. The highest BCUT2D eigenvalue weighted by Gasteiger charge is 2.30. The molecule has 0 aliphatic carbocycles. The standard InChI is InChI=1S/C14H19N3/c1-16-7-12(13(15)9-16)11-8-17(2)14-6-4-3-5-10(11)14/h3-6,8,12-13H,7,9,15H2,1-2H3. The summed E-state index contributed by atoms with van der Waals surface area (Å²) in [4.78, 5) is 2.32. The number of aryl methyl sites for hydroxylation is 1. The first-order valence-electron chi connectivity index (χ1n) is 6.15. The quantitative estimate of drug-likeness (QED) is 0.805. The smallest absolute Gasteiger partial charge is 0.0480 e. The highest BCUT2D eigenvalue weighted by Crippen LogP contribution is 2.32. The predicted molar refractivity (Wildman–Crippen MR) is 71.1 cm³/mol. The second kappa shape index (κ2) is 3.86. The number of aromatic nitrogens is 1. The number of nitrogens with zero attached hydrogens (tertiary/aromatic N) is 2. The minimum absolute atomic E-state index is 0.255. The van der Waals surface area contributed by atoms with Gasteiger partial charge < -0.3 is 15.2 Å². The Balaban J connectivity index is 2.12. The predicted octanol–water partition coefficient (Wildman–Crippen LogP) is 1.53. The van der Waals surface area contributed by atoms with Crippen molar-refractivity contribution >= 4 is 10.9 Å². The minimum atomic E-state index is 0.255. The van der Waals surface area contributed by atoms with Crippen LogP contribution in [0.25, 0.3) is 10.9 Å². The largest absolute Gasteiger partial charge is 0.350 e. The second-order valence-corrected chi connectivity index (χ2v) is 5.20. The maximum absolute atomic E-state index is 6.25. The summed E-state index contributed by atoms with van der Waals surface area (Å²) in [5.41, 5.74) is 8.95. The van der Waals surface area contributed by atoms with Crippen LogP contribution in [0.3, 0.4) is 0 Å². The Labute approximate surface area is 102 Å². The van der Waals surface area contributed by atoms with Gasteiger partial charge in [-0.25, -0.2) is 0 Å². The maximum atomic E-state index is 6.25. The molecule has 1 fully saturated rings. The molecule has 3 nitrogen and oxygen atoms in total. The molecule has 0 amide bonds. The van der Waals surface area contributed by atoms with Crippen molar-refractivity contribution in [3.63, 3.8) is 0 Å². The number of likely N-dealkylation sites (N-methyl/N-ethyl adjacent to an activating group) is 1. The summed E-state index contributed by atoms with van der Waals surface area (Å²) in [5, 5.41) is 1.35. The minimum Gasteiger partial charge on any atom is -0.350 e. The number of fused-ring (bicyclic) bond motifs is 1. The van der Waals surface area contributed by atoms with E-state index in [1.54, 1.807) is 0 Å². The van der Waals surface area contributed by atoms with Gasteiger partial charge in [-0.05, 0) is 18.7 Å². The summed E-state index contributed by atoms with van der Waals surface area (Å²) in [6, 6.07) is 8.83. The molecule has 0 radical (unpaired) electrons. The van der Waals surface area contributed by atoms with Crippen molar-refractivity contribution in [1.29, 1.82) is 0 Å². The van der Waals surface area contributed by atoms with Crippen LogP contribution in [0.1, 0.15) is 11.5 Å². The van der Waals surface area contributed by atoms with Gasteiger partial charge in [0.2, 0.25) is 0 Å². The number of para-hydroxylation sites is 1. The van der Waals surface area contributed by atoms with Crippen molar-refractivity contribution in [3.05, 3.63) is 36.0 Å². The monoisotopic (exact) mass is 229 g/mol. The Bertz CT molecular complexity index is 543. The van der Waals surface area contributed by atoms with E-state index in [0.717, 1.165) is 13.1 Å². The molecule has 0 bridgehead atoms. The molecule has 1 aromatic heterocycles. The van der Waals surface area contributed by atoms with E-state index >= 15 is 0 Å². The van der Waals surface area contributed by atoms with Crippen molar-refractivity contribution < 1.29 is 0 Å². The van der Waals surface area contributed by atoms with Gasteiger partial charge in [-0.1, -0.05) is 18.2 Å². The average molecular weight is 229 g/mol. The van der Waals surface area contributed by atoms with Gasteiger partial charge in [0.05, 0.1) is 0 Å². The first-order valence-corrected chi connectivity index (χ1v) is 6.15. The van der Waals surface area contributed by atoms with Crippen molar-refractivity contribution in [2.75, 3.05) is 20.1 Å².